The number of benzene rings is 2. The van der Waals surface area contributed by atoms with Gasteiger partial charge in [0.1, 0.15) is 17.4 Å². The van der Waals surface area contributed by atoms with Gasteiger partial charge in [-0.1, -0.05) is 23.7 Å². The van der Waals surface area contributed by atoms with E-state index < -0.39 is 23.9 Å². The van der Waals surface area contributed by atoms with E-state index in [1.165, 1.54) is 30.5 Å². The van der Waals surface area contributed by atoms with Crippen LogP contribution in [0.15, 0.2) is 60.8 Å². The van der Waals surface area contributed by atoms with Crippen LogP contribution in [0.4, 0.5) is 24.7 Å². The number of carbonyl (C=O) groups excluding carboxylic acids is 2. The van der Waals surface area contributed by atoms with Crippen molar-refractivity contribution < 1.29 is 27.5 Å². The molecule has 0 atom stereocenters. The Balaban J connectivity index is 1.57. The molecule has 0 aliphatic carbocycles. The number of aromatic nitrogens is 1. The highest BCUT2D eigenvalue weighted by atomic mass is 35.5. The predicted octanol–water partition coefficient (Wildman–Crippen LogP) is 4.78. The van der Waals surface area contributed by atoms with Crippen molar-refractivity contribution in [2.24, 2.45) is 0 Å². The Kier molecular flexibility index (Phi) is 6.61. The Morgan fingerprint density at radius 1 is 0.971 bits per heavy atom. The zero-order chi connectivity index (χ0) is 25.2. The molecule has 0 saturated carbocycles. The molecule has 35 heavy (non-hydrogen) atoms. The van der Waals surface area contributed by atoms with Crippen LogP contribution in [0.3, 0.4) is 0 Å². The summed E-state index contributed by atoms with van der Waals surface area (Å²) in [4.78, 5) is 31.4. The van der Waals surface area contributed by atoms with E-state index in [1.54, 1.807) is 12.1 Å². The summed E-state index contributed by atoms with van der Waals surface area (Å²) >= 11 is 5.77. The summed E-state index contributed by atoms with van der Waals surface area (Å²) in [7, 11) is 0. The standard InChI is InChI=1S/C23H17ClF3N5O3/c24-15-5-8-19(29-12-15)31-22(34)17-11-16(35-23(25,26)27)6-7-18(17)30-21(33)14-3-1-13(2-4-14)20(28)32-9-10-32/h1-8,11-12,28H,9-10H2,(H,30,33)(H,29,31,34). The van der Waals surface area contributed by atoms with Gasteiger partial charge < -0.3 is 20.3 Å². The first-order chi connectivity index (χ1) is 16.6. The summed E-state index contributed by atoms with van der Waals surface area (Å²) in [5, 5.41) is 13.3. The second-order valence-electron chi connectivity index (χ2n) is 7.44. The molecule has 1 aliphatic heterocycles. The van der Waals surface area contributed by atoms with Gasteiger partial charge in [-0.3, -0.25) is 15.0 Å². The lowest BCUT2D eigenvalue weighted by Gasteiger charge is -2.15. The van der Waals surface area contributed by atoms with Crippen LogP contribution in [0.5, 0.6) is 5.75 Å². The normalized spacial score (nSPS) is 12.6. The lowest BCUT2D eigenvalue weighted by Crippen LogP contribution is -2.21. The summed E-state index contributed by atoms with van der Waals surface area (Å²) in [6.07, 6.45) is -3.69. The van der Waals surface area contributed by atoms with E-state index in [0.29, 0.717) is 16.4 Å². The third kappa shape index (κ3) is 6.27. The van der Waals surface area contributed by atoms with Gasteiger partial charge >= 0.3 is 6.36 Å². The van der Waals surface area contributed by atoms with Crippen molar-refractivity contribution in [3.05, 3.63) is 82.5 Å². The topological polar surface area (TPSA) is 107 Å². The maximum atomic E-state index is 12.8. The Morgan fingerprint density at radius 2 is 1.66 bits per heavy atom. The van der Waals surface area contributed by atoms with Crippen LogP contribution >= 0.6 is 11.6 Å². The molecule has 4 rings (SSSR count). The van der Waals surface area contributed by atoms with E-state index >= 15 is 0 Å². The minimum absolute atomic E-state index is 0.0445. The number of hydrogen-bond donors (Lipinski definition) is 3. The van der Waals surface area contributed by atoms with Gasteiger partial charge in [-0.25, -0.2) is 4.98 Å². The number of alkyl halides is 3. The second-order valence-corrected chi connectivity index (χ2v) is 7.87. The van der Waals surface area contributed by atoms with Gasteiger partial charge in [0.25, 0.3) is 11.8 Å². The molecule has 2 aromatic carbocycles. The van der Waals surface area contributed by atoms with Crippen molar-refractivity contribution in [2.45, 2.75) is 6.36 Å². The van der Waals surface area contributed by atoms with Crippen LogP contribution in [0, 0.1) is 5.41 Å². The Hall–Kier alpha value is -4.12. The maximum Gasteiger partial charge on any atom is 0.573 e. The van der Waals surface area contributed by atoms with Gasteiger partial charge in [0, 0.05) is 30.4 Å². The second kappa shape index (κ2) is 9.63. The Morgan fingerprint density at radius 3 is 2.26 bits per heavy atom. The zero-order valence-electron chi connectivity index (χ0n) is 17.8. The molecule has 1 aromatic heterocycles. The molecule has 2 heterocycles. The molecule has 0 unspecified atom stereocenters. The quantitative estimate of drug-likeness (QED) is 0.255. The van der Waals surface area contributed by atoms with E-state index in [0.717, 1.165) is 31.3 Å². The van der Waals surface area contributed by atoms with Crippen molar-refractivity contribution >= 4 is 40.8 Å². The van der Waals surface area contributed by atoms with E-state index in [2.05, 4.69) is 20.4 Å². The van der Waals surface area contributed by atoms with Crippen LogP contribution in [0.25, 0.3) is 0 Å². The predicted molar refractivity (Wildman–Crippen MR) is 123 cm³/mol. The molecular weight excluding hydrogens is 487 g/mol. The van der Waals surface area contributed by atoms with Crippen LogP contribution < -0.4 is 15.4 Å². The lowest BCUT2D eigenvalue weighted by atomic mass is 10.1. The van der Waals surface area contributed by atoms with E-state index in [9.17, 15) is 22.8 Å². The number of halogens is 4. The van der Waals surface area contributed by atoms with Crippen LogP contribution in [0.2, 0.25) is 5.02 Å². The summed E-state index contributed by atoms with van der Waals surface area (Å²) in [5.41, 5.74) is 0.547. The number of rotatable bonds is 6. The number of ether oxygens (including phenoxy) is 1. The molecule has 1 saturated heterocycles. The smallest absolute Gasteiger partial charge is 0.406 e. The first-order valence-electron chi connectivity index (χ1n) is 10.2. The number of amidine groups is 1. The third-order valence-corrected chi connectivity index (χ3v) is 5.09. The largest absolute Gasteiger partial charge is 0.573 e. The number of nitrogens with one attached hydrogen (secondary N) is 3. The van der Waals surface area contributed by atoms with Gasteiger partial charge in [0.2, 0.25) is 0 Å². The lowest BCUT2D eigenvalue weighted by molar-refractivity contribution is -0.274. The minimum atomic E-state index is -4.97. The summed E-state index contributed by atoms with van der Waals surface area (Å²) in [6, 6.07) is 12.1. The molecule has 2 amide bonds. The SMILES string of the molecule is N=C(c1ccc(C(=O)Nc2ccc(OC(F)(F)F)cc2C(=O)Nc2ccc(Cl)cn2)cc1)N1CC1. The molecule has 0 spiro atoms. The molecule has 3 N–H and O–H groups in total. The monoisotopic (exact) mass is 503 g/mol. The number of nitrogens with zero attached hydrogens (tertiary/aromatic N) is 2. The van der Waals surface area contributed by atoms with Gasteiger partial charge in [0.15, 0.2) is 0 Å². The average molecular weight is 504 g/mol. The molecule has 0 radical (unpaired) electrons. The molecule has 3 aromatic rings. The fourth-order valence-corrected chi connectivity index (χ4v) is 3.19. The Bertz CT molecular complexity index is 1280. The third-order valence-electron chi connectivity index (χ3n) is 4.87. The van der Waals surface area contributed by atoms with Crippen molar-refractivity contribution in [3.63, 3.8) is 0 Å². The fraction of sp³-hybridized carbons (Fsp3) is 0.130. The molecule has 1 fully saturated rings. The number of amides is 2. The molecule has 1 aliphatic rings. The van der Waals surface area contributed by atoms with Crippen LogP contribution in [-0.4, -0.2) is 47.0 Å². The van der Waals surface area contributed by atoms with Crippen LogP contribution in [0.1, 0.15) is 26.3 Å². The number of pyridine rings is 1. The number of carbonyl (C=O) groups is 2. The van der Waals surface area contributed by atoms with Crippen molar-refractivity contribution in [3.8, 4) is 5.75 Å². The van der Waals surface area contributed by atoms with Crippen molar-refractivity contribution in [2.75, 3.05) is 23.7 Å². The Labute approximate surface area is 202 Å². The number of hydrogen-bond acceptors (Lipinski definition) is 5. The highest BCUT2D eigenvalue weighted by Crippen LogP contribution is 2.28. The van der Waals surface area contributed by atoms with Crippen LogP contribution in [-0.2, 0) is 0 Å². The zero-order valence-corrected chi connectivity index (χ0v) is 18.6. The average Bonchev–Trinajstić information content (AvgIpc) is 3.65. The fourth-order valence-electron chi connectivity index (χ4n) is 3.08. The van der Waals surface area contributed by atoms with Gasteiger partial charge in [-0.05, 0) is 42.5 Å². The van der Waals surface area contributed by atoms with Crippen molar-refractivity contribution in [1.82, 2.24) is 9.88 Å². The summed E-state index contributed by atoms with van der Waals surface area (Å²) in [5.74, 6) is -1.61. The van der Waals surface area contributed by atoms with E-state index in [-0.39, 0.29) is 22.6 Å². The first kappa shape index (κ1) is 24.0. The molecule has 0 bridgehead atoms. The summed E-state index contributed by atoms with van der Waals surface area (Å²) < 4.78 is 42.0. The molecular formula is C23H17ClF3N5O3. The van der Waals surface area contributed by atoms with Gasteiger partial charge in [0.05, 0.1) is 16.3 Å². The number of anilines is 2. The molecule has 12 heteroatoms. The summed E-state index contributed by atoms with van der Waals surface area (Å²) in [6.45, 7) is 1.62. The molecule has 8 nitrogen and oxygen atoms in total. The van der Waals surface area contributed by atoms with Gasteiger partial charge in [-0.2, -0.15) is 0 Å². The van der Waals surface area contributed by atoms with Gasteiger partial charge in [-0.15, -0.1) is 13.2 Å². The highest BCUT2D eigenvalue weighted by molar-refractivity contribution is 6.30. The highest BCUT2D eigenvalue weighted by Gasteiger charge is 2.31. The minimum Gasteiger partial charge on any atom is -0.406 e. The van der Waals surface area contributed by atoms with E-state index in [1.807, 2.05) is 4.90 Å². The van der Waals surface area contributed by atoms with Crippen molar-refractivity contribution in [1.29, 1.82) is 5.41 Å². The molecule has 180 valence electrons. The maximum absolute atomic E-state index is 12.8. The van der Waals surface area contributed by atoms with E-state index in [4.69, 9.17) is 17.0 Å². The first-order valence-corrected chi connectivity index (χ1v) is 10.5.